The summed E-state index contributed by atoms with van der Waals surface area (Å²) in [6, 6.07) is 4.80. The highest BCUT2D eigenvalue weighted by Crippen LogP contribution is 2.15. The summed E-state index contributed by atoms with van der Waals surface area (Å²) in [5.74, 6) is -0.824. The molecular weight excluding hydrogens is 332 g/mol. The summed E-state index contributed by atoms with van der Waals surface area (Å²) in [7, 11) is -3.86. The molecule has 7 nitrogen and oxygen atoms in total. The maximum atomic E-state index is 12.4. The Morgan fingerprint density at radius 2 is 1.79 bits per heavy atom. The van der Waals surface area contributed by atoms with Crippen LogP contribution in [-0.2, 0) is 24.3 Å². The first-order valence-corrected chi connectivity index (χ1v) is 9.35. The number of nitrogens with one attached hydrogen (secondary N) is 2. The van der Waals surface area contributed by atoms with Crippen molar-refractivity contribution in [1.29, 1.82) is 0 Å². The van der Waals surface area contributed by atoms with Gasteiger partial charge in [0, 0.05) is 12.6 Å². The Morgan fingerprint density at radius 3 is 2.29 bits per heavy atom. The van der Waals surface area contributed by atoms with Crippen molar-refractivity contribution in [3.05, 3.63) is 24.3 Å². The number of rotatable bonds is 9. The van der Waals surface area contributed by atoms with E-state index in [1.165, 1.54) is 31.2 Å². The van der Waals surface area contributed by atoms with Gasteiger partial charge in [0.2, 0.25) is 15.9 Å². The number of hydrogen-bond donors (Lipinski definition) is 2. The van der Waals surface area contributed by atoms with E-state index >= 15 is 0 Å². The molecule has 0 bridgehead atoms. The first-order valence-electron chi connectivity index (χ1n) is 7.86. The van der Waals surface area contributed by atoms with Gasteiger partial charge in [0.1, 0.15) is 6.04 Å². The topological polar surface area (TPSA) is 102 Å². The summed E-state index contributed by atoms with van der Waals surface area (Å²) in [5, 5.41) is 2.56. The molecule has 0 aliphatic rings. The van der Waals surface area contributed by atoms with Gasteiger partial charge in [-0.25, -0.2) is 8.42 Å². The van der Waals surface area contributed by atoms with E-state index in [0.29, 0.717) is 18.5 Å². The van der Waals surface area contributed by atoms with Gasteiger partial charge in [-0.15, -0.1) is 0 Å². The summed E-state index contributed by atoms with van der Waals surface area (Å²) in [4.78, 5) is 22.9. The van der Waals surface area contributed by atoms with Crippen LogP contribution in [0.25, 0.3) is 0 Å². The molecule has 1 unspecified atom stereocenters. The van der Waals surface area contributed by atoms with E-state index in [-0.39, 0.29) is 17.4 Å². The van der Waals surface area contributed by atoms with Gasteiger partial charge in [-0.2, -0.15) is 4.72 Å². The van der Waals surface area contributed by atoms with Crippen molar-refractivity contribution in [3.63, 3.8) is 0 Å². The molecule has 0 aromatic heterocycles. The Labute approximate surface area is 142 Å². The molecular formula is C16H24N2O5S. The molecule has 1 aromatic rings. The van der Waals surface area contributed by atoms with Gasteiger partial charge in [0.05, 0.1) is 11.5 Å². The molecule has 8 heteroatoms. The molecule has 1 rings (SSSR count). The van der Waals surface area contributed by atoms with Crippen molar-refractivity contribution >= 4 is 27.6 Å². The summed E-state index contributed by atoms with van der Waals surface area (Å²) in [5.41, 5.74) is 0.495. The van der Waals surface area contributed by atoms with Crippen LogP contribution in [0.4, 0.5) is 5.69 Å². The molecule has 1 atom stereocenters. The van der Waals surface area contributed by atoms with Gasteiger partial charge in [-0.05, 0) is 37.6 Å². The van der Waals surface area contributed by atoms with Crippen LogP contribution in [0.1, 0.15) is 40.0 Å². The molecule has 134 valence electrons. The molecule has 24 heavy (non-hydrogen) atoms. The molecule has 0 saturated carbocycles. The quantitative estimate of drug-likeness (QED) is 0.659. The van der Waals surface area contributed by atoms with Gasteiger partial charge < -0.3 is 10.1 Å². The van der Waals surface area contributed by atoms with Crippen LogP contribution in [0.5, 0.6) is 0 Å². The van der Waals surface area contributed by atoms with E-state index in [4.69, 9.17) is 4.74 Å². The molecule has 0 radical (unpaired) electrons. The minimum atomic E-state index is -3.86. The number of amides is 1. The van der Waals surface area contributed by atoms with E-state index < -0.39 is 22.0 Å². The predicted octanol–water partition coefficient (Wildman–Crippen LogP) is 2.05. The van der Waals surface area contributed by atoms with Crippen LogP contribution in [0.15, 0.2) is 29.2 Å². The Kier molecular flexibility index (Phi) is 7.87. The van der Waals surface area contributed by atoms with E-state index in [2.05, 4.69) is 10.0 Å². The van der Waals surface area contributed by atoms with E-state index in [0.717, 1.165) is 6.42 Å². The van der Waals surface area contributed by atoms with Crippen LogP contribution < -0.4 is 10.0 Å². The maximum absolute atomic E-state index is 12.4. The van der Waals surface area contributed by atoms with Crippen molar-refractivity contribution in [1.82, 2.24) is 4.72 Å². The lowest BCUT2D eigenvalue weighted by atomic mass is 10.1. The number of hydrogen-bond acceptors (Lipinski definition) is 5. The van der Waals surface area contributed by atoms with Gasteiger partial charge in [-0.3, -0.25) is 9.59 Å². The number of carbonyl (C=O) groups excluding carboxylic acids is 2. The molecule has 0 saturated heterocycles. The molecule has 0 aliphatic heterocycles. The molecule has 0 heterocycles. The van der Waals surface area contributed by atoms with Crippen molar-refractivity contribution < 1.29 is 22.7 Å². The van der Waals surface area contributed by atoms with E-state index in [1.54, 1.807) is 6.92 Å². The van der Waals surface area contributed by atoms with Gasteiger partial charge >= 0.3 is 5.97 Å². The van der Waals surface area contributed by atoms with Crippen LogP contribution in [0.2, 0.25) is 0 Å². The Morgan fingerprint density at radius 1 is 1.17 bits per heavy atom. The van der Waals surface area contributed by atoms with Gasteiger partial charge in [-0.1, -0.05) is 19.8 Å². The fourth-order valence-electron chi connectivity index (χ4n) is 2.05. The number of anilines is 1. The highest BCUT2D eigenvalue weighted by Gasteiger charge is 2.26. The largest absolute Gasteiger partial charge is 0.465 e. The molecule has 0 aliphatic carbocycles. The third-order valence-corrected chi connectivity index (χ3v) is 4.69. The van der Waals surface area contributed by atoms with Gasteiger partial charge in [0.15, 0.2) is 0 Å². The molecule has 1 aromatic carbocycles. The van der Waals surface area contributed by atoms with Crippen molar-refractivity contribution in [2.75, 3.05) is 11.9 Å². The Balaban J connectivity index is 2.91. The summed E-state index contributed by atoms with van der Waals surface area (Å²) >= 11 is 0. The highest BCUT2D eigenvalue weighted by molar-refractivity contribution is 7.89. The fraction of sp³-hybridized carbons (Fsp3) is 0.500. The third-order valence-electron chi connectivity index (χ3n) is 3.20. The lowest BCUT2D eigenvalue weighted by molar-refractivity contribution is -0.145. The second kappa shape index (κ2) is 9.39. The Bertz CT molecular complexity index is 656. The summed E-state index contributed by atoms with van der Waals surface area (Å²) in [6.45, 7) is 5.18. The van der Waals surface area contributed by atoms with Crippen LogP contribution in [0.3, 0.4) is 0 Å². The minimum Gasteiger partial charge on any atom is -0.465 e. The monoisotopic (exact) mass is 356 g/mol. The SMILES string of the molecule is CCCCC(NS(=O)(=O)c1ccc(NC(C)=O)cc1)C(=O)OCC. The molecule has 0 fully saturated rings. The Hall–Kier alpha value is -1.93. The molecule has 0 spiro atoms. The fourth-order valence-corrected chi connectivity index (χ4v) is 3.27. The van der Waals surface area contributed by atoms with Crippen LogP contribution in [0, 0.1) is 0 Å². The van der Waals surface area contributed by atoms with Crippen molar-refractivity contribution in [2.45, 2.75) is 51.0 Å². The lowest BCUT2D eigenvalue weighted by Gasteiger charge is -2.17. The normalized spacial score (nSPS) is 12.5. The maximum Gasteiger partial charge on any atom is 0.324 e. The average molecular weight is 356 g/mol. The number of ether oxygens (including phenoxy) is 1. The lowest BCUT2D eigenvalue weighted by Crippen LogP contribution is -2.41. The third kappa shape index (κ3) is 6.29. The average Bonchev–Trinajstić information content (AvgIpc) is 2.51. The smallest absolute Gasteiger partial charge is 0.324 e. The second-order valence-electron chi connectivity index (χ2n) is 5.27. The highest BCUT2D eigenvalue weighted by atomic mass is 32.2. The van der Waals surface area contributed by atoms with E-state index in [1.807, 2.05) is 6.92 Å². The molecule has 2 N–H and O–H groups in total. The van der Waals surface area contributed by atoms with Gasteiger partial charge in [0.25, 0.3) is 0 Å². The summed E-state index contributed by atoms with van der Waals surface area (Å²) < 4.78 is 32.2. The number of esters is 1. The zero-order chi connectivity index (χ0) is 18.2. The number of carbonyl (C=O) groups is 2. The number of sulfonamides is 1. The second-order valence-corrected chi connectivity index (χ2v) is 6.99. The standard InChI is InChI=1S/C16H24N2O5S/c1-4-6-7-15(16(20)23-5-2)18-24(21,22)14-10-8-13(9-11-14)17-12(3)19/h8-11,15,18H,4-7H2,1-3H3,(H,17,19). The summed E-state index contributed by atoms with van der Waals surface area (Å²) in [6.07, 6.45) is 1.91. The van der Waals surface area contributed by atoms with Crippen LogP contribution >= 0.6 is 0 Å². The minimum absolute atomic E-state index is 0.0161. The van der Waals surface area contributed by atoms with Crippen LogP contribution in [-0.4, -0.2) is 32.9 Å². The first-order chi connectivity index (χ1) is 11.3. The zero-order valence-corrected chi connectivity index (χ0v) is 15.0. The van der Waals surface area contributed by atoms with Crippen molar-refractivity contribution in [3.8, 4) is 0 Å². The number of unbranched alkanes of at least 4 members (excludes halogenated alkanes) is 1. The number of benzene rings is 1. The predicted molar refractivity (Wildman–Crippen MR) is 91.0 cm³/mol. The van der Waals surface area contributed by atoms with Crippen molar-refractivity contribution in [2.24, 2.45) is 0 Å². The van der Waals surface area contributed by atoms with E-state index in [9.17, 15) is 18.0 Å². The zero-order valence-electron chi connectivity index (χ0n) is 14.2. The first kappa shape index (κ1) is 20.1. The molecule has 1 amide bonds.